The molecule has 1 N–H and O–H groups in total. The van der Waals surface area contributed by atoms with Crippen LogP contribution in [0.2, 0.25) is 0 Å². The first-order chi connectivity index (χ1) is 11.5. The second-order valence-electron chi connectivity index (χ2n) is 5.84. The van der Waals surface area contributed by atoms with Crippen LogP contribution in [0.1, 0.15) is 21.8 Å². The van der Waals surface area contributed by atoms with Gasteiger partial charge in [0.1, 0.15) is 23.0 Å². The molecule has 0 fully saturated rings. The summed E-state index contributed by atoms with van der Waals surface area (Å²) in [6.07, 6.45) is 0.626. The Hall–Kier alpha value is -2.47. The summed E-state index contributed by atoms with van der Waals surface area (Å²) < 4.78 is 0. The Balaban J connectivity index is 2.10. The van der Waals surface area contributed by atoms with Gasteiger partial charge in [0.15, 0.2) is 0 Å². The molecular formula is C18H19N3O2S. The number of benzene rings is 1. The van der Waals surface area contributed by atoms with Crippen molar-refractivity contribution < 1.29 is 9.90 Å². The molecule has 0 atom stereocenters. The van der Waals surface area contributed by atoms with Gasteiger partial charge in [0.2, 0.25) is 0 Å². The fourth-order valence-electron chi connectivity index (χ4n) is 2.68. The third-order valence-electron chi connectivity index (χ3n) is 3.99. The van der Waals surface area contributed by atoms with E-state index in [4.69, 9.17) is 10.1 Å². The Morgan fingerprint density at radius 3 is 2.58 bits per heavy atom. The lowest BCUT2D eigenvalue weighted by Crippen LogP contribution is -2.26. The maximum atomic E-state index is 11.1. The fourth-order valence-corrected chi connectivity index (χ4v) is 3.73. The summed E-state index contributed by atoms with van der Waals surface area (Å²) in [4.78, 5) is 24.3. The molecule has 0 aliphatic carbocycles. The summed E-state index contributed by atoms with van der Waals surface area (Å²) in [7, 11) is 1.76. The average Bonchev–Trinajstić information content (AvgIpc) is 2.81. The van der Waals surface area contributed by atoms with Gasteiger partial charge < -0.3 is 10.0 Å². The smallest absolute Gasteiger partial charge is 0.323 e. The summed E-state index contributed by atoms with van der Waals surface area (Å²) in [5.41, 5.74) is 2.25. The van der Waals surface area contributed by atoms with Gasteiger partial charge in [0.25, 0.3) is 0 Å². The standard InChI is InChI=1S/C18H19N3O2S/c1-11-12(2)24-18-16(11)17(21(3)10-15(22)23)19-14(20-18)9-13-7-5-4-6-8-13/h4-8H,9-10H2,1-3H3,(H,22,23). The van der Waals surface area contributed by atoms with E-state index >= 15 is 0 Å². The van der Waals surface area contributed by atoms with E-state index < -0.39 is 5.97 Å². The summed E-state index contributed by atoms with van der Waals surface area (Å²) in [6.45, 7) is 4.00. The Morgan fingerprint density at radius 2 is 1.92 bits per heavy atom. The molecule has 3 rings (SSSR count). The molecular weight excluding hydrogens is 322 g/mol. The topological polar surface area (TPSA) is 66.3 Å². The van der Waals surface area contributed by atoms with Crippen LogP contribution in [0.4, 0.5) is 5.82 Å². The minimum atomic E-state index is -0.876. The van der Waals surface area contributed by atoms with Gasteiger partial charge in [0.05, 0.1) is 5.39 Å². The molecule has 0 aliphatic rings. The van der Waals surface area contributed by atoms with E-state index in [0.29, 0.717) is 18.1 Å². The van der Waals surface area contributed by atoms with E-state index in [2.05, 4.69) is 11.9 Å². The van der Waals surface area contributed by atoms with Crippen molar-refractivity contribution in [1.29, 1.82) is 0 Å². The lowest BCUT2D eigenvalue weighted by molar-refractivity contribution is -0.135. The first-order valence-corrected chi connectivity index (χ1v) is 8.51. The molecule has 5 nitrogen and oxygen atoms in total. The van der Waals surface area contributed by atoms with Crippen LogP contribution in [0, 0.1) is 13.8 Å². The highest BCUT2D eigenvalue weighted by Crippen LogP contribution is 2.34. The monoisotopic (exact) mass is 341 g/mol. The van der Waals surface area contributed by atoms with E-state index in [1.807, 2.05) is 37.3 Å². The number of anilines is 1. The quantitative estimate of drug-likeness (QED) is 0.770. The first-order valence-electron chi connectivity index (χ1n) is 7.69. The predicted molar refractivity (Wildman–Crippen MR) is 97.0 cm³/mol. The molecule has 0 aliphatic heterocycles. The van der Waals surface area contributed by atoms with E-state index in [-0.39, 0.29) is 6.54 Å². The van der Waals surface area contributed by atoms with Crippen LogP contribution in [-0.2, 0) is 11.2 Å². The number of hydrogen-bond acceptors (Lipinski definition) is 5. The zero-order valence-electron chi connectivity index (χ0n) is 13.9. The van der Waals surface area contributed by atoms with E-state index in [1.54, 1.807) is 23.3 Å². The molecule has 0 radical (unpaired) electrons. The van der Waals surface area contributed by atoms with Crippen LogP contribution in [0.5, 0.6) is 0 Å². The number of aryl methyl sites for hydroxylation is 2. The third kappa shape index (κ3) is 3.23. The van der Waals surface area contributed by atoms with Crippen molar-refractivity contribution in [3.63, 3.8) is 0 Å². The number of carbonyl (C=O) groups is 1. The number of rotatable bonds is 5. The van der Waals surface area contributed by atoms with Crippen LogP contribution in [0.15, 0.2) is 30.3 Å². The largest absolute Gasteiger partial charge is 0.480 e. The molecule has 3 aromatic rings. The van der Waals surface area contributed by atoms with Crippen molar-refractivity contribution in [2.45, 2.75) is 20.3 Å². The van der Waals surface area contributed by atoms with Gasteiger partial charge in [-0.1, -0.05) is 30.3 Å². The molecule has 124 valence electrons. The number of aliphatic carboxylic acids is 1. The average molecular weight is 341 g/mol. The van der Waals surface area contributed by atoms with Gasteiger partial charge in [-0.3, -0.25) is 4.79 Å². The summed E-state index contributed by atoms with van der Waals surface area (Å²) in [5, 5.41) is 10.1. The van der Waals surface area contributed by atoms with Crippen molar-refractivity contribution in [3.8, 4) is 0 Å². The van der Waals surface area contributed by atoms with E-state index in [9.17, 15) is 4.79 Å². The second kappa shape index (κ2) is 6.57. The van der Waals surface area contributed by atoms with Crippen molar-refractivity contribution >= 4 is 33.3 Å². The minimum Gasteiger partial charge on any atom is -0.480 e. The van der Waals surface area contributed by atoms with Crippen molar-refractivity contribution in [3.05, 3.63) is 52.2 Å². The van der Waals surface area contributed by atoms with Crippen molar-refractivity contribution in [1.82, 2.24) is 9.97 Å². The molecule has 2 aromatic heterocycles. The Morgan fingerprint density at radius 1 is 1.21 bits per heavy atom. The van der Waals surface area contributed by atoms with Gasteiger partial charge in [0, 0.05) is 18.3 Å². The van der Waals surface area contributed by atoms with Gasteiger partial charge in [-0.2, -0.15) is 0 Å². The number of aromatic nitrogens is 2. The number of nitrogens with zero attached hydrogens (tertiary/aromatic N) is 3. The van der Waals surface area contributed by atoms with Gasteiger partial charge in [-0.25, -0.2) is 9.97 Å². The first kappa shape index (κ1) is 16.4. The molecule has 0 amide bonds. The molecule has 0 bridgehead atoms. The molecule has 0 unspecified atom stereocenters. The molecule has 24 heavy (non-hydrogen) atoms. The van der Waals surface area contributed by atoms with Crippen LogP contribution < -0.4 is 4.90 Å². The normalized spacial score (nSPS) is 11.0. The Bertz CT molecular complexity index is 890. The summed E-state index contributed by atoms with van der Waals surface area (Å²) in [6, 6.07) is 10.0. The summed E-state index contributed by atoms with van der Waals surface area (Å²) in [5.74, 6) is 0.524. The van der Waals surface area contributed by atoms with Crippen LogP contribution >= 0.6 is 11.3 Å². The number of likely N-dealkylation sites (N-methyl/N-ethyl adjacent to an activating group) is 1. The lowest BCUT2D eigenvalue weighted by atomic mass is 10.1. The Labute approximate surface area is 144 Å². The molecule has 1 aromatic carbocycles. The SMILES string of the molecule is Cc1sc2nc(Cc3ccccc3)nc(N(C)CC(=O)O)c2c1C. The number of thiophene rings is 1. The summed E-state index contributed by atoms with van der Waals surface area (Å²) >= 11 is 1.63. The molecule has 0 saturated carbocycles. The fraction of sp³-hybridized carbons (Fsp3) is 0.278. The van der Waals surface area contributed by atoms with Crippen molar-refractivity contribution in [2.75, 3.05) is 18.5 Å². The highest BCUT2D eigenvalue weighted by Gasteiger charge is 2.18. The van der Waals surface area contributed by atoms with Gasteiger partial charge in [-0.15, -0.1) is 11.3 Å². The van der Waals surface area contributed by atoms with Crippen molar-refractivity contribution in [2.24, 2.45) is 0 Å². The third-order valence-corrected chi connectivity index (χ3v) is 5.10. The molecule has 0 spiro atoms. The van der Waals surface area contributed by atoms with Gasteiger partial charge in [-0.05, 0) is 25.0 Å². The molecule has 6 heteroatoms. The van der Waals surface area contributed by atoms with Crippen LogP contribution in [0.3, 0.4) is 0 Å². The van der Waals surface area contributed by atoms with Crippen LogP contribution in [0.25, 0.3) is 10.2 Å². The molecule has 2 heterocycles. The highest BCUT2D eigenvalue weighted by molar-refractivity contribution is 7.18. The highest BCUT2D eigenvalue weighted by atomic mass is 32.1. The van der Waals surface area contributed by atoms with Crippen LogP contribution in [-0.4, -0.2) is 34.6 Å². The minimum absolute atomic E-state index is 0.0920. The Kier molecular flexibility index (Phi) is 4.49. The lowest BCUT2D eigenvalue weighted by Gasteiger charge is -2.18. The van der Waals surface area contributed by atoms with E-state index in [1.165, 1.54) is 4.88 Å². The molecule has 0 saturated heterocycles. The maximum absolute atomic E-state index is 11.1. The van der Waals surface area contributed by atoms with Gasteiger partial charge >= 0.3 is 5.97 Å². The second-order valence-corrected chi connectivity index (χ2v) is 7.04. The number of hydrogen-bond donors (Lipinski definition) is 1. The van der Waals surface area contributed by atoms with E-state index in [0.717, 1.165) is 21.3 Å². The predicted octanol–water partition coefficient (Wildman–Crippen LogP) is 3.42. The number of carboxylic acids is 1. The number of carboxylic acid groups (broad SMARTS) is 1. The maximum Gasteiger partial charge on any atom is 0.323 e. The zero-order valence-corrected chi connectivity index (χ0v) is 14.7. The zero-order chi connectivity index (χ0) is 17.3. The number of fused-ring (bicyclic) bond motifs is 1.